The van der Waals surface area contributed by atoms with Gasteiger partial charge < -0.3 is 0 Å². The number of hydrogen-bond donors (Lipinski definition) is 0. The highest BCUT2D eigenvalue weighted by Crippen LogP contribution is 2.48. The third-order valence-corrected chi connectivity index (χ3v) is 6.20. The van der Waals surface area contributed by atoms with E-state index in [1.54, 1.807) is 11.3 Å². The molecule has 0 aliphatic heterocycles. The first-order chi connectivity index (χ1) is 10.3. The maximum atomic E-state index is 12.5. The summed E-state index contributed by atoms with van der Waals surface area (Å²) in [5.74, 6) is 0.0791. The van der Waals surface area contributed by atoms with Crippen molar-refractivity contribution in [3.8, 4) is 0 Å². The van der Waals surface area contributed by atoms with Crippen LogP contribution < -0.4 is 0 Å². The molecule has 2 aromatic rings. The van der Waals surface area contributed by atoms with Crippen LogP contribution in [0.3, 0.4) is 0 Å². The van der Waals surface area contributed by atoms with Crippen LogP contribution in [0.1, 0.15) is 58.0 Å². The summed E-state index contributed by atoms with van der Waals surface area (Å²) < 4.78 is 0. The fraction of sp³-hybridized carbons (Fsp3) is 0.444. The van der Waals surface area contributed by atoms with E-state index in [0.29, 0.717) is 10.4 Å². The molecule has 1 aromatic carbocycles. The van der Waals surface area contributed by atoms with E-state index >= 15 is 0 Å². The van der Waals surface area contributed by atoms with Crippen molar-refractivity contribution in [3.63, 3.8) is 0 Å². The molecule has 0 radical (unpaired) electrons. The molecule has 0 bridgehead atoms. The first-order valence-corrected chi connectivity index (χ1v) is 8.66. The molecule has 1 heterocycles. The van der Waals surface area contributed by atoms with Gasteiger partial charge in [-0.05, 0) is 37.5 Å². The minimum Gasteiger partial charge on any atom is -0.286 e. The van der Waals surface area contributed by atoms with Crippen LogP contribution in [-0.4, -0.2) is 10.8 Å². The van der Waals surface area contributed by atoms with Crippen molar-refractivity contribution in [1.82, 2.24) is 4.98 Å². The molecule has 21 heavy (non-hydrogen) atoms. The molecule has 1 fully saturated rings. The van der Waals surface area contributed by atoms with Crippen LogP contribution in [-0.2, 0) is 12.8 Å². The highest BCUT2D eigenvalue weighted by molar-refractivity contribution is 7.14. The van der Waals surface area contributed by atoms with Crippen LogP contribution in [0.4, 0.5) is 0 Å². The molecule has 0 atom stereocenters. The number of hydrogen-bond acceptors (Lipinski definition) is 3. The number of carbonyl (C=O) groups is 1. The van der Waals surface area contributed by atoms with Crippen LogP contribution in [0.2, 0.25) is 0 Å². The maximum Gasteiger partial charge on any atom is 0.221 e. The number of benzene rings is 1. The molecule has 0 saturated heterocycles. The number of rotatable bonds is 2. The summed E-state index contributed by atoms with van der Waals surface area (Å²) in [5, 5.41) is 0.682. The van der Waals surface area contributed by atoms with Crippen LogP contribution >= 0.6 is 11.3 Å². The predicted octanol–water partition coefficient (Wildman–Crippen LogP) is 4.42. The van der Waals surface area contributed by atoms with E-state index in [1.165, 1.54) is 42.7 Å². The summed E-state index contributed by atoms with van der Waals surface area (Å²) in [5.41, 5.74) is 2.48. The van der Waals surface area contributed by atoms with Gasteiger partial charge in [-0.15, -0.1) is 11.3 Å². The topological polar surface area (TPSA) is 30.0 Å². The fourth-order valence-electron chi connectivity index (χ4n) is 3.89. The number of ketones is 1. The van der Waals surface area contributed by atoms with Crippen LogP contribution in [0.25, 0.3) is 0 Å². The van der Waals surface area contributed by atoms with Crippen molar-refractivity contribution >= 4 is 17.1 Å². The molecule has 0 amide bonds. The Balaban J connectivity index is 1.63. The molecule has 2 nitrogen and oxygen atoms in total. The van der Waals surface area contributed by atoms with Gasteiger partial charge in [0.2, 0.25) is 5.78 Å². The molecule has 108 valence electrons. The van der Waals surface area contributed by atoms with Crippen molar-refractivity contribution in [3.05, 3.63) is 51.5 Å². The lowest BCUT2D eigenvalue weighted by Gasteiger charge is -2.32. The molecule has 0 unspecified atom stereocenters. The largest absolute Gasteiger partial charge is 0.286 e. The highest BCUT2D eigenvalue weighted by Gasteiger charge is 2.38. The van der Waals surface area contributed by atoms with E-state index in [2.05, 4.69) is 4.98 Å². The van der Waals surface area contributed by atoms with E-state index in [-0.39, 0.29) is 5.78 Å². The normalized spacial score (nSPS) is 19.6. The van der Waals surface area contributed by atoms with Crippen molar-refractivity contribution in [2.24, 2.45) is 5.41 Å². The Morgan fingerprint density at radius 1 is 1.10 bits per heavy atom. The second-order valence-corrected chi connectivity index (χ2v) is 7.55. The number of aromatic nitrogens is 1. The number of thiazole rings is 1. The Bertz CT molecular complexity index is 668. The minimum absolute atomic E-state index is 0.0791. The number of fused-ring (bicyclic) bond motifs is 1. The predicted molar refractivity (Wildman–Crippen MR) is 84.9 cm³/mol. The third-order valence-electron chi connectivity index (χ3n) is 5.10. The van der Waals surface area contributed by atoms with Crippen molar-refractivity contribution in [2.75, 3.05) is 0 Å². The van der Waals surface area contributed by atoms with E-state index in [4.69, 9.17) is 0 Å². The summed E-state index contributed by atoms with van der Waals surface area (Å²) in [6.45, 7) is 0. The van der Waals surface area contributed by atoms with Gasteiger partial charge in [-0.3, -0.25) is 4.79 Å². The van der Waals surface area contributed by atoms with Gasteiger partial charge in [-0.1, -0.05) is 43.2 Å². The standard InChI is InChI=1S/C18H19NOS/c20-16(13-6-2-1-3-7-13)17-19-14-8-11-18(9-4-5-10-18)12-15(14)21-17/h1-3,6-7H,4-5,8-12H2. The molecule has 1 aromatic heterocycles. The summed E-state index contributed by atoms with van der Waals surface area (Å²) in [6.07, 6.45) is 8.98. The van der Waals surface area contributed by atoms with Crippen molar-refractivity contribution in [1.29, 1.82) is 0 Å². The fourth-order valence-corrected chi connectivity index (χ4v) is 5.13. The van der Waals surface area contributed by atoms with Gasteiger partial charge in [-0.25, -0.2) is 4.98 Å². The Kier molecular flexibility index (Phi) is 3.18. The van der Waals surface area contributed by atoms with Gasteiger partial charge >= 0.3 is 0 Å². The zero-order chi connectivity index (χ0) is 14.3. The number of aryl methyl sites for hydroxylation is 1. The Morgan fingerprint density at radius 2 is 1.86 bits per heavy atom. The average Bonchev–Trinajstić information content (AvgIpc) is 3.14. The summed E-state index contributed by atoms with van der Waals surface area (Å²) in [7, 11) is 0. The van der Waals surface area contributed by atoms with Gasteiger partial charge in [0.15, 0.2) is 5.01 Å². The lowest BCUT2D eigenvalue weighted by atomic mass is 9.74. The molecule has 0 N–H and O–H groups in total. The summed E-state index contributed by atoms with van der Waals surface area (Å²) in [4.78, 5) is 18.6. The first-order valence-electron chi connectivity index (χ1n) is 7.84. The Morgan fingerprint density at radius 3 is 2.62 bits per heavy atom. The first kappa shape index (κ1) is 13.2. The average molecular weight is 297 g/mol. The molecule has 4 rings (SSSR count). The van der Waals surface area contributed by atoms with Crippen molar-refractivity contribution < 1.29 is 4.79 Å². The van der Waals surface area contributed by atoms with Crippen LogP contribution in [0.5, 0.6) is 0 Å². The zero-order valence-electron chi connectivity index (χ0n) is 12.1. The van der Waals surface area contributed by atoms with Gasteiger partial charge in [0.25, 0.3) is 0 Å². The molecular weight excluding hydrogens is 278 g/mol. The molecular formula is C18H19NOS. The lowest BCUT2D eigenvalue weighted by Crippen LogP contribution is -2.24. The van der Waals surface area contributed by atoms with Crippen LogP contribution in [0, 0.1) is 5.41 Å². The van der Waals surface area contributed by atoms with E-state index < -0.39 is 0 Å². The summed E-state index contributed by atoms with van der Waals surface area (Å²) in [6, 6.07) is 9.51. The quantitative estimate of drug-likeness (QED) is 0.768. The van der Waals surface area contributed by atoms with Gasteiger partial charge in [0.05, 0.1) is 5.69 Å². The summed E-state index contributed by atoms with van der Waals surface area (Å²) >= 11 is 1.64. The highest BCUT2D eigenvalue weighted by atomic mass is 32.1. The molecule has 1 spiro atoms. The lowest BCUT2D eigenvalue weighted by molar-refractivity contribution is 0.103. The zero-order valence-corrected chi connectivity index (χ0v) is 12.9. The smallest absolute Gasteiger partial charge is 0.221 e. The molecule has 3 heteroatoms. The maximum absolute atomic E-state index is 12.5. The van der Waals surface area contributed by atoms with Crippen molar-refractivity contribution in [2.45, 2.75) is 44.9 Å². The molecule has 1 saturated carbocycles. The monoisotopic (exact) mass is 297 g/mol. The van der Waals surface area contributed by atoms with Crippen LogP contribution in [0.15, 0.2) is 30.3 Å². The second-order valence-electron chi connectivity index (χ2n) is 6.47. The van der Waals surface area contributed by atoms with E-state index in [1.807, 2.05) is 30.3 Å². The number of nitrogens with zero attached hydrogens (tertiary/aromatic N) is 1. The molecule has 2 aliphatic rings. The third kappa shape index (κ3) is 2.34. The Hall–Kier alpha value is -1.48. The Labute approximate surface area is 129 Å². The SMILES string of the molecule is O=C(c1ccccc1)c1nc2c(s1)CC1(CCCC1)CC2. The van der Waals surface area contributed by atoms with Gasteiger partial charge in [-0.2, -0.15) is 0 Å². The van der Waals surface area contributed by atoms with E-state index in [9.17, 15) is 4.79 Å². The minimum atomic E-state index is 0.0791. The molecule has 2 aliphatic carbocycles. The number of carbonyl (C=O) groups excluding carboxylic acids is 1. The van der Waals surface area contributed by atoms with Gasteiger partial charge in [0.1, 0.15) is 0 Å². The van der Waals surface area contributed by atoms with Gasteiger partial charge in [0, 0.05) is 10.4 Å². The van der Waals surface area contributed by atoms with E-state index in [0.717, 1.165) is 18.4 Å². The second kappa shape index (κ2) is 5.06.